The van der Waals surface area contributed by atoms with Crippen molar-refractivity contribution in [3.63, 3.8) is 0 Å². The van der Waals surface area contributed by atoms with Gasteiger partial charge in [-0.3, -0.25) is 9.59 Å². The van der Waals surface area contributed by atoms with Crippen molar-refractivity contribution >= 4 is 30.6 Å². The van der Waals surface area contributed by atoms with Crippen molar-refractivity contribution in [3.05, 3.63) is 35.3 Å². The van der Waals surface area contributed by atoms with Gasteiger partial charge in [0, 0.05) is 12.2 Å². The molecule has 1 aliphatic heterocycles. The van der Waals surface area contributed by atoms with Gasteiger partial charge in [0.25, 0.3) is 0 Å². The molecule has 0 spiro atoms. The summed E-state index contributed by atoms with van der Waals surface area (Å²) in [6.45, 7) is 10.1. The maximum absolute atomic E-state index is 11.7. The molecule has 1 aromatic rings. The number of nitrogens with one attached hydrogen (secondary N) is 2. The fourth-order valence-electron chi connectivity index (χ4n) is 2.71. The number of rotatable bonds is 7. The van der Waals surface area contributed by atoms with E-state index < -0.39 is 18.3 Å². The quantitative estimate of drug-likeness (QED) is 0.569. The summed E-state index contributed by atoms with van der Waals surface area (Å²) in [5.74, 6) is -0.468. The van der Waals surface area contributed by atoms with Crippen molar-refractivity contribution in [2.24, 2.45) is 0 Å². The van der Waals surface area contributed by atoms with E-state index in [4.69, 9.17) is 9.31 Å². The molecule has 1 aromatic carbocycles. The van der Waals surface area contributed by atoms with Gasteiger partial charge in [-0.2, -0.15) is 0 Å². The zero-order valence-corrected chi connectivity index (χ0v) is 17.0. The topological polar surface area (TPSA) is 76.7 Å². The monoisotopic (exact) mass is 372 g/mol. The molecule has 1 aliphatic rings. The van der Waals surface area contributed by atoms with E-state index in [9.17, 15) is 9.59 Å². The molecule has 146 valence electrons. The van der Waals surface area contributed by atoms with E-state index in [2.05, 4.69) is 10.6 Å². The van der Waals surface area contributed by atoms with Crippen molar-refractivity contribution in [1.29, 1.82) is 0 Å². The van der Waals surface area contributed by atoms with E-state index in [0.717, 1.165) is 11.0 Å². The average Bonchev–Trinajstić information content (AvgIpc) is 2.76. The number of likely N-dealkylation sites (N-methyl/N-ethyl adjacent to an activating group) is 1. The summed E-state index contributed by atoms with van der Waals surface area (Å²) in [4.78, 5) is 22.7. The first-order valence-electron chi connectivity index (χ1n) is 9.14. The minimum Gasteiger partial charge on any atom is -0.400 e. The van der Waals surface area contributed by atoms with Crippen molar-refractivity contribution in [3.8, 4) is 0 Å². The molecule has 0 aliphatic carbocycles. The van der Waals surface area contributed by atoms with E-state index in [1.807, 2.05) is 65.1 Å². The maximum atomic E-state index is 11.7. The molecule has 0 atom stereocenters. The summed E-state index contributed by atoms with van der Waals surface area (Å²) in [6.07, 6.45) is 1.91. The highest BCUT2D eigenvalue weighted by atomic mass is 16.7. The summed E-state index contributed by atoms with van der Waals surface area (Å²) in [5, 5.41) is 5.87. The lowest BCUT2D eigenvalue weighted by Gasteiger charge is -2.32. The van der Waals surface area contributed by atoms with Gasteiger partial charge in [0.15, 0.2) is 0 Å². The Morgan fingerprint density at radius 3 is 2.11 bits per heavy atom. The number of hydrogen-bond acceptors (Lipinski definition) is 5. The summed E-state index contributed by atoms with van der Waals surface area (Å²) >= 11 is 0. The zero-order valence-electron chi connectivity index (χ0n) is 17.0. The molecule has 0 radical (unpaired) electrons. The predicted octanol–water partition coefficient (Wildman–Crippen LogP) is 2.84. The summed E-state index contributed by atoms with van der Waals surface area (Å²) in [6, 6.07) is 7.44. The van der Waals surface area contributed by atoms with Crippen LogP contribution in [0.1, 0.15) is 46.6 Å². The smallest absolute Gasteiger partial charge is 0.400 e. The Bertz CT molecular complexity index is 710. The Kier molecular flexibility index (Phi) is 6.62. The number of benzene rings is 1. The number of carbonyl (C=O) groups is 2. The third-order valence-corrected chi connectivity index (χ3v) is 4.89. The van der Waals surface area contributed by atoms with E-state index >= 15 is 0 Å². The van der Waals surface area contributed by atoms with Crippen LogP contribution in [0.3, 0.4) is 0 Å². The van der Waals surface area contributed by atoms with Crippen LogP contribution in [0, 0.1) is 0 Å². The number of hydrogen-bond donors (Lipinski definition) is 2. The minimum absolute atomic E-state index is 0.115. The van der Waals surface area contributed by atoms with Crippen LogP contribution >= 0.6 is 0 Å². The molecule has 1 saturated heterocycles. The molecular weight excluding hydrogens is 343 g/mol. The number of carbonyl (C=O) groups excluding carboxylic acids is 2. The molecule has 2 rings (SSSR count). The largest absolute Gasteiger partial charge is 0.491 e. The van der Waals surface area contributed by atoms with Gasteiger partial charge in [0.2, 0.25) is 5.91 Å². The Hall–Kier alpha value is -1.96. The third-order valence-electron chi connectivity index (χ3n) is 4.89. The van der Waals surface area contributed by atoms with E-state index in [1.54, 1.807) is 0 Å². The molecule has 0 bridgehead atoms. The lowest BCUT2D eigenvalue weighted by molar-refractivity contribution is -0.124. The molecule has 1 heterocycles. The first-order chi connectivity index (χ1) is 12.5. The molecule has 7 heteroatoms. The Labute approximate surface area is 161 Å². The summed E-state index contributed by atoms with van der Waals surface area (Å²) in [7, 11) is 1.46. The Balaban J connectivity index is 2.14. The zero-order chi connectivity index (χ0) is 20.2. The minimum atomic E-state index is -0.419. The molecule has 27 heavy (non-hydrogen) atoms. The highest BCUT2D eigenvalue weighted by Crippen LogP contribution is 2.38. The van der Waals surface area contributed by atoms with Crippen molar-refractivity contribution in [2.75, 3.05) is 18.9 Å². The van der Waals surface area contributed by atoms with E-state index in [-0.39, 0.29) is 18.1 Å². The molecular formula is C20H29BN2O4. The van der Waals surface area contributed by atoms with Crippen molar-refractivity contribution in [1.82, 2.24) is 5.32 Å². The van der Waals surface area contributed by atoms with E-state index in [1.165, 1.54) is 6.92 Å². The number of anilines is 1. The Morgan fingerprint density at radius 1 is 1.07 bits per heavy atom. The fourth-order valence-corrected chi connectivity index (χ4v) is 2.71. The van der Waals surface area contributed by atoms with Crippen LogP contribution in [0.25, 0.3) is 6.08 Å². The SMILES string of the molecule is CNCC(=Cc1ccc(NC(=O)CC(C)=O)cc1)B1OC(C)(C)C(C)(C)O1. The van der Waals surface area contributed by atoms with Crippen LogP contribution in [0.2, 0.25) is 0 Å². The van der Waals surface area contributed by atoms with Gasteiger partial charge >= 0.3 is 7.12 Å². The first kappa shape index (κ1) is 21.3. The van der Waals surface area contributed by atoms with Crippen LogP contribution < -0.4 is 10.6 Å². The van der Waals surface area contributed by atoms with Gasteiger partial charge in [-0.1, -0.05) is 18.2 Å². The predicted molar refractivity (Wildman–Crippen MR) is 108 cm³/mol. The summed E-state index contributed by atoms with van der Waals surface area (Å²) < 4.78 is 12.3. The van der Waals surface area contributed by atoms with Crippen molar-refractivity contribution < 1.29 is 18.9 Å². The molecule has 2 N–H and O–H groups in total. The molecule has 1 amide bonds. The number of Topliss-reactive ketones (excluding diaryl/α,β-unsaturated/α-hetero) is 1. The van der Waals surface area contributed by atoms with Crippen LogP contribution in [0.5, 0.6) is 0 Å². The standard InChI is InChI=1S/C20H29BN2O4/c1-14(24)11-18(25)23-17-9-7-15(8-10-17)12-16(13-22-6)21-26-19(2,3)20(4,5)27-21/h7-10,12,22H,11,13H2,1-6H3,(H,23,25). The molecule has 0 saturated carbocycles. The first-order valence-corrected chi connectivity index (χ1v) is 9.14. The second-order valence-corrected chi connectivity index (χ2v) is 7.89. The van der Waals surface area contributed by atoms with Crippen LogP contribution in [0.15, 0.2) is 29.7 Å². The molecule has 6 nitrogen and oxygen atoms in total. The Morgan fingerprint density at radius 2 is 1.63 bits per heavy atom. The second kappa shape index (κ2) is 8.38. The number of amides is 1. The number of ketones is 1. The molecule has 1 fully saturated rings. The average molecular weight is 372 g/mol. The maximum Gasteiger partial charge on any atom is 0.491 e. The highest BCUT2D eigenvalue weighted by molar-refractivity contribution is 6.55. The van der Waals surface area contributed by atoms with Gasteiger partial charge in [0.1, 0.15) is 5.78 Å². The van der Waals surface area contributed by atoms with E-state index in [0.29, 0.717) is 12.2 Å². The second-order valence-electron chi connectivity index (χ2n) is 7.89. The third kappa shape index (κ3) is 5.51. The normalized spacial score (nSPS) is 18.4. The van der Waals surface area contributed by atoms with Gasteiger partial charge in [0.05, 0.1) is 17.6 Å². The summed E-state index contributed by atoms with van der Waals surface area (Å²) in [5.41, 5.74) is 1.83. The van der Waals surface area contributed by atoms with Crippen LogP contribution in [0.4, 0.5) is 5.69 Å². The highest BCUT2D eigenvalue weighted by Gasteiger charge is 2.52. The van der Waals surface area contributed by atoms with Crippen molar-refractivity contribution in [2.45, 2.75) is 52.2 Å². The van der Waals surface area contributed by atoms with Gasteiger partial charge in [-0.15, -0.1) is 0 Å². The molecule has 0 unspecified atom stereocenters. The fraction of sp³-hybridized carbons (Fsp3) is 0.500. The molecule has 0 aromatic heterocycles. The van der Waals surface area contributed by atoms with Crippen LogP contribution in [-0.4, -0.2) is 43.6 Å². The lowest BCUT2D eigenvalue weighted by Crippen LogP contribution is -2.41. The van der Waals surface area contributed by atoms with Gasteiger partial charge in [-0.05, 0) is 64.8 Å². The van der Waals surface area contributed by atoms with Gasteiger partial charge < -0.3 is 19.9 Å². The van der Waals surface area contributed by atoms with Crippen LogP contribution in [-0.2, 0) is 18.9 Å². The van der Waals surface area contributed by atoms with Gasteiger partial charge in [-0.25, -0.2) is 0 Å². The lowest BCUT2D eigenvalue weighted by atomic mass is 9.77.